The van der Waals surface area contributed by atoms with Crippen LogP contribution in [0.4, 0.5) is 5.69 Å². The Kier molecular flexibility index (Phi) is 3.64. The lowest BCUT2D eigenvalue weighted by molar-refractivity contribution is -0.139. The Balaban J connectivity index is 2.21. The van der Waals surface area contributed by atoms with Gasteiger partial charge in [0.25, 0.3) is 0 Å². The number of aliphatic carboxylic acids is 1. The molecule has 1 aromatic rings. The average molecular weight is 234 g/mol. The van der Waals surface area contributed by atoms with Crippen LogP contribution in [0.15, 0.2) is 24.3 Å². The molecule has 1 fully saturated rings. The number of benzene rings is 1. The lowest BCUT2D eigenvalue weighted by Gasteiger charge is -2.29. The van der Waals surface area contributed by atoms with Gasteiger partial charge in [0.1, 0.15) is 0 Å². The van der Waals surface area contributed by atoms with Gasteiger partial charge in [0.05, 0.1) is 5.92 Å². The number of carbonyl (C=O) groups is 1. The number of hydrogen-bond donors (Lipinski definition) is 3. The van der Waals surface area contributed by atoms with Crippen molar-refractivity contribution in [1.82, 2.24) is 5.32 Å². The maximum Gasteiger partial charge on any atom is 0.312 e. The summed E-state index contributed by atoms with van der Waals surface area (Å²) in [6, 6.07) is 7.17. The number of carboxylic acid groups (broad SMARTS) is 1. The zero-order valence-electron chi connectivity index (χ0n) is 9.73. The minimum Gasteiger partial charge on any atom is -0.481 e. The molecule has 4 N–H and O–H groups in total. The third-order valence-electron chi connectivity index (χ3n) is 3.31. The Morgan fingerprint density at radius 3 is 2.59 bits per heavy atom. The van der Waals surface area contributed by atoms with Crippen LogP contribution < -0.4 is 11.1 Å². The van der Waals surface area contributed by atoms with Crippen LogP contribution in [-0.2, 0) is 4.79 Å². The highest BCUT2D eigenvalue weighted by Crippen LogP contribution is 2.26. The molecule has 17 heavy (non-hydrogen) atoms. The summed E-state index contributed by atoms with van der Waals surface area (Å²) in [6.45, 7) is 0.906. The topological polar surface area (TPSA) is 75.4 Å². The SMILES string of the molecule is Nc1ccc(C(C(=O)O)C2CCCCN2)cc1. The summed E-state index contributed by atoms with van der Waals surface area (Å²) in [5, 5.41) is 12.7. The fourth-order valence-electron chi connectivity index (χ4n) is 2.41. The number of carboxylic acids is 1. The van der Waals surface area contributed by atoms with Crippen molar-refractivity contribution in [2.75, 3.05) is 12.3 Å². The van der Waals surface area contributed by atoms with Gasteiger partial charge in [0.15, 0.2) is 0 Å². The average Bonchev–Trinajstić information content (AvgIpc) is 2.33. The van der Waals surface area contributed by atoms with Gasteiger partial charge in [-0.2, -0.15) is 0 Å². The van der Waals surface area contributed by atoms with Gasteiger partial charge in [-0.25, -0.2) is 0 Å². The molecular formula is C13H18N2O2. The molecule has 0 aliphatic carbocycles. The maximum absolute atomic E-state index is 11.4. The number of nitrogens with two attached hydrogens (primary N) is 1. The summed E-state index contributed by atoms with van der Waals surface area (Å²) >= 11 is 0. The van der Waals surface area contributed by atoms with Gasteiger partial charge in [0.2, 0.25) is 0 Å². The zero-order valence-corrected chi connectivity index (χ0v) is 9.73. The monoisotopic (exact) mass is 234 g/mol. The summed E-state index contributed by atoms with van der Waals surface area (Å²) < 4.78 is 0. The van der Waals surface area contributed by atoms with Crippen LogP contribution in [0.2, 0.25) is 0 Å². The van der Waals surface area contributed by atoms with E-state index in [1.807, 2.05) is 12.1 Å². The van der Waals surface area contributed by atoms with Crippen molar-refractivity contribution in [2.45, 2.75) is 31.2 Å². The number of nitrogens with one attached hydrogen (secondary N) is 1. The molecule has 0 amide bonds. The second-order valence-corrected chi connectivity index (χ2v) is 4.54. The lowest BCUT2D eigenvalue weighted by atomic mass is 9.86. The molecule has 2 unspecified atom stereocenters. The van der Waals surface area contributed by atoms with Crippen LogP contribution >= 0.6 is 0 Å². The second-order valence-electron chi connectivity index (χ2n) is 4.54. The molecule has 0 saturated carbocycles. The van der Waals surface area contributed by atoms with E-state index in [1.54, 1.807) is 12.1 Å². The van der Waals surface area contributed by atoms with Crippen LogP contribution in [0.5, 0.6) is 0 Å². The van der Waals surface area contributed by atoms with Crippen LogP contribution in [-0.4, -0.2) is 23.7 Å². The summed E-state index contributed by atoms with van der Waals surface area (Å²) in [6.07, 6.45) is 3.14. The number of rotatable bonds is 3. The highest BCUT2D eigenvalue weighted by molar-refractivity contribution is 5.77. The summed E-state index contributed by atoms with van der Waals surface area (Å²) in [5.74, 6) is -1.25. The third-order valence-corrected chi connectivity index (χ3v) is 3.31. The molecular weight excluding hydrogens is 216 g/mol. The number of anilines is 1. The first-order valence-corrected chi connectivity index (χ1v) is 6.00. The molecule has 2 atom stereocenters. The quantitative estimate of drug-likeness (QED) is 0.694. The second kappa shape index (κ2) is 5.19. The van der Waals surface area contributed by atoms with Gasteiger partial charge >= 0.3 is 5.97 Å². The molecule has 1 aliphatic rings. The molecule has 1 aliphatic heterocycles. The highest BCUT2D eigenvalue weighted by atomic mass is 16.4. The Morgan fingerprint density at radius 1 is 1.35 bits per heavy atom. The van der Waals surface area contributed by atoms with Crippen molar-refractivity contribution >= 4 is 11.7 Å². The van der Waals surface area contributed by atoms with E-state index in [1.165, 1.54) is 0 Å². The van der Waals surface area contributed by atoms with Crippen LogP contribution in [0, 0.1) is 0 Å². The molecule has 1 aromatic carbocycles. The van der Waals surface area contributed by atoms with E-state index in [0.29, 0.717) is 5.69 Å². The molecule has 4 nitrogen and oxygen atoms in total. The van der Waals surface area contributed by atoms with E-state index < -0.39 is 11.9 Å². The van der Waals surface area contributed by atoms with E-state index in [-0.39, 0.29) is 6.04 Å². The standard InChI is InChI=1S/C13H18N2O2/c14-10-6-4-9(5-7-10)12(13(16)17)11-3-1-2-8-15-11/h4-7,11-12,15H,1-3,8,14H2,(H,16,17). The molecule has 2 rings (SSSR count). The van der Waals surface area contributed by atoms with Gasteiger partial charge in [-0.05, 0) is 37.1 Å². The van der Waals surface area contributed by atoms with E-state index >= 15 is 0 Å². The van der Waals surface area contributed by atoms with Gasteiger partial charge in [0, 0.05) is 11.7 Å². The van der Waals surface area contributed by atoms with Crippen molar-refractivity contribution < 1.29 is 9.90 Å². The Morgan fingerprint density at radius 2 is 2.06 bits per heavy atom. The molecule has 0 aromatic heterocycles. The van der Waals surface area contributed by atoms with Crippen LogP contribution in [0.25, 0.3) is 0 Å². The Hall–Kier alpha value is -1.55. The summed E-state index contributed by atoms with van der Waals surface area (Å²) in [4.78, 5) is 11.4. The first kappa shape index (κ1) is 11.9. The first-order valence-electron chi connectivity index (χ1n) is 6.00. The molecule has 1 heterocycles. The van der Waals surface area contributed by atoms with E-state index in [0.717, 1.165) is 31.4 Å². The van der Waals surface area contributed by atoms with Crippen molar-refractivity contribution in [3.63, 3.8) is 0 Å². The van der Waals surface area contributed by atoms with Crippen molar-refractivity contribution in [1.29, 1.82) is 0 Å². The summed E-state index contributed by atoms with van der Waals surface area (Å²) in [5.41, 5.74) is 7.10. The van der Waals surface area contributed by atoms with E-state index in [2.05, 4.69) is 5.32 Å². The molecule has 92 valence electrons. The van der Waals surface area contributed by atoms with Crippen LogP contribution in [0.3, 0.4) is 0 Å². The van der Waals surface area contributed by atoms with Crippen molar-refractivity contribution in [3.05, 3.63) is 29.8 Å². The number of nitrogen functional groups attached to an aromatic ring is 1. The normalized spacial score (nSPS) is 22.0. The zero-order chi connectivity index (χ0) is 12.3. The maximum atomic E-state index is 11.4. The highest BCUT2D eigenvalue weighted by Gasteiger charge is 2.30. The minimum atomic E-state index is -0.769. The molecule has 0 bridgehead atoms. The summed E-state index contributed by atoms with van der Waals surface area (Å²) in [7, 11) is 0. The first-order chi connectivity index (χ1) is 8.18. The molecule has 4 heteroatoms. The third kappa shape index (κ3) is 2.77. The Labute approximate surface area is 101 Å². The lowest BCUT2D eigenvalue weighted by Crippen LogP contribution is -2.41. The molecule has 0 radical (unpaired) electrons. The fraction of sp³-hybridized carbons (Fsp3) is 0.462. The van der Waals surface area contributed by atoms with Gasteiger partial charge in [-0.1, -0.05) is 18.6 Å². The fourth-order valence-corrected chi connectivity index (χ4v) is 2.41. The van der Waals surface area contributed by atoms with Crippen molar-refractivity contribution in [3.8, 4) is 0 Å². The predicted octanol–water partition coefficient (Wildman–Crippen LogP) is 1.58. The van der Waals surface area contributed by atoms with Gasteiger partial charge in [-0.3, -0.25) is 4.79 Å². The van der Waals surface area contributed by atoms with Crippen LogP contribution in [0.1, 0.15) is 30.7 Å². The van der Waals surface area contributed by atoms with Gasteiger partial charge in [-0.15, -0.1) is 0 Å². The number of hydrogen-bond acceptors (Lipinski definition) is 3. The smallest absolute Gasteiger partial charge is 0.312 e. The van der Waals surface area contributed by atoms with Crippen molar-refractivity contribution in [2.24, 2.45) is 0 Å². The van der Waals surface area contributed by atoms with Gasteiger partial charge < -0.3 is 16.2 Å². The largest absolute Gasteiger partial charge is 0.481 e. The molecule has 0 spiro atoms. The van der Waals surface area contributed by atoms with E-state index in [4.69, 9.17) is 5.73 Å². The van der Waals surface area contributed by atoms with E-state index in [9.17, 15) is 9.90 Å². The predicted molar refractivity (Wildman–Crippen MR) is 66.9 cm³/mol. The molecule has 1 saturated heterocycles. The number of piperidine rings is 1. The Bertz CT molecular complexity index is 383. The minimum absolute atomic E-state index is 0.0323.